The molecule has 1 aromatic carbocycles. The molecule has 1 fully saturated rings. The summed E-state index contributed by atoms with van der Waals surface area (Å²) in [5, 5.41) is 0. The van der Waals surface area contributed by atoms with E-state index >= 15 is 0 Å². The molecule has 0 unspecified atom stereocenters. The summed E-state index contributed by atoms with van der Waals surface area (Å²) in [5.74, 6) is -0.801. The second kappa shape index (κ2) is 12.3. The highest BCUT2D eigenvalue weighted by molar-refractivity contribution is 6.35. The summed E-state index contributed by atoms with van der Waals surface area (Å²) in [6.45, 7) is 4.61. The highest BCUT2D eigenvalue weighted by atomic mass is 19.1. The molecule has 0 spiro atoms. The zero-order valence-corrected chi connectivity index (χ0v) is 20.6. The lowest BCUT2D eigenvalue weighted by Gasteiger charge is -2.36. The fourth-order valence-electron chi connectivity index (χ4n) is 4.94. The average molecular weight is 458 g/mol. The van der Waals surface area contributed by atoms with Crippen molar-refractivity contribution >= 4 is 17.4 Å². The molecule has 0 N–H and O–H groups in total. The maximum atomic E-state index is 13.6. The average Bonchev–Trinajstić information content (AvgIpc) is 3.06. The van der Waals surface area contributed by atoms with Gasteiger partial charge in [0.1, 0.15) is 11.5 Å². The van der Waals surface area contributed by atoms with E-state index < -0.39 is 0 Å². The minimum Gasteiger partial charge on any atom is -0.366 e. The van der Waals surface area contributed by atoms with E-state index in [1.807, 2.05) is 11.9 Å². The van der Waals surface area contributed by atoms with Crippen molar-refractivity contribution in [2.24, 2.45) is 0 Å². The number of unbranched alkanes of at least 4 members (excludes halogenated alkanes) is 7. The normalized spacial score (nSPS) is 18.0. The molecule has 3 rings (SSSR count). The van der Waals surface area contributed by atoms with Crippen LogP contribution in [0.15, 0.2) is 30.0 Å². The van der Waals surface area contributed by atoms with E-state index in [9.17, 15) is 14.0 Å². The van der Waals surface area contributed by atoms with Gasteiger partial charge in [-0.15, -0.1) is 0 Å². The summed E-state index contributed by atoms with van der Waals surface area (Å²) >= 11 is 0. The topological polar surface area (TPSA) is 43.9 Å². The standard InChI is InChI=1S/C27H40FN3O2/c1-4-5-6-7-8-9-10-11-18-31-26(32)24(21-12-14-22(28)15-13-21)25(27(31)33)30(3)23-16-19-29(2)20-17-23/h12-15,23H,4-11,16-20H2,1-3H3. The lowest BCUT2D eigenvalue weighted by molar-refractivity contribution is -0.137. The number of carbonyl (C=O) groups excluding carboxylic acids is 2. The zero-order chi connectivity index (χ0) is 23.8. The van der Waals surface area contributed by atoms with Crippen molar-refractivity contribution in [2.75, 3.05) is 33.7 Å². The molecule has 1 aromatic rings. The van der Waals surface area contributed by atoms with Gasteiger partial charge >= 0.3 is 0 Å². The number of imide groups is 1. The largest absolute Gasteiger partial charge is 0.366 e. The van der Waals surface area contributed by atoms with Crippen LogP contribution in [0.3, 0.4) is 0 Å². The summed E-state index contributed by atoms with van der Waals surface area (Å²) in [6, 6.07) is 6.14. The summed E-state index contributed by atoms with van der Waals surface area (Å²) in [6.07, 6.45) is 11.2. The first-order valence-electron chi connectivity index (χ1n) is 12.7. The smallest absolute Gasteiger partial charge is 0.277 e. The summed E-state index contributed by atoms with van der Waals surface area (Å²) in [7, 11) is 4.04. The highest BCUT2D eigenvalue weighted by Gasteiger charge is 2.42. The molecule has 2 aliphatic rings. The van der Waals surface area contributed by atoms with Crippen molar-refractivity contribution in [3.8, 4) is 0 Å². The van der Waals surface area contributed by atoms with Gasteiger partial charge < -0.3 is 9.80 Å². The van der Waals surface area contributed by atoms with Gasteiger partial charge in [0.25, 0.3) is 11.8 Å². The number of piperidine rings is 1. The third-order valence-electron chi connectivity index (χ3n) is 7.10. The minimum atomic E-state index is -0.350. The number of nitrogens with zero attached hydrogens (tertiary/aromatic N) is 3. The molecule has 0 saturated carbocycles. The molecule has 1 saturated heterocycles. The molecule has 2 aliphatic heterocycles. The molecule has 0 bridgehead atoms. The van der Waals surface area contributed by atoms with E-state index in [-0.39, 0.29) is 23.7 Å². The lowest BCUT2D eigenvalue weighted by atomic mass is 10.00. The van der Waals surface area contributed by atoms with Crippen molar-refractivity contribution in [1.29, 1.82) is 0 Å². The van der Waals surface area contributed by atoms with Gasteiger partial charge in [-0.05, 0) is 57.1 Å². The van der Waals surface area contributed by atoms with E-state index in [4.69, 9.17) is 0 Å². The number of likely N-dealkylation sites (tertiary alicyclic amines) is 1. The third kappa shape index (κ3) is 6.44. The SMILES string of the molecule is CCCCCCCCCCN1C(=O)C(c2ccc(F)cc2)=C(N(C)C2CCN(C)CC2)C1=O. The molecule has 0 aliphatic carbocycles. The Balaban J connectivity index is 1.70. The molecular weight excluding hydrogens is 417 g/mol. The van der Waals surface area contributed by atoms with Crippen LogP contribution in [0.4, 0.5) is 4.39 Å². The van der Waals surface area contributed by atoms with Gasteiger partial charge in [0, 0.05) is 19.6 Å². The number of benzene rings is 1. The molecule has 0 atom stereocenters. The molecule has 2 heterocycles. The van der Waals surface area contributed by atoms with Crippen LogP contribution in [0, 0.1) is 5.82 Å². The maximum absolute atomic E-state index is 13.6. The van der Waals surface area contributed by atoms with E-state index in [1.165, 1.54) is 49.1 Å². The number of rotatable bonds is 12. The van der Waals surface area contributed by atoms with Gasteiger partial charge in [0.05, 0.1) is 5.57 Å². The molecular formula is C27H40FN3O2. The van der Waals surface area contributed by atoms with Crippen molar-refractivity contribution < 1.29 is 14.0 Å². The summed E-state index contributed by atoms with van der Waals surface area (Å²) in [5.41, 5.74) is 1.50. The van der Waals surface area contributed by atoms with Crippen LogP contribution >= 0.6 is 0 Å². The highest BCUT2D eigenvalue weighted by Crippen LogP contribution is 2.33. The quantitative estimate of drug-likeness (QED) is 0.325. The van der Waals surface area contributed by atoms with Crippen LogP contribution in [0.5, 0.6) is 0 Å². The van der Waals surface area contributed by atoms with Gasteiger partial charge in [0.2, 0.25) is 0 Å². The second-order valence-corrected chi connectivity index (χ2v) is 9.61. The molecule has 33 heavy (non-hydrogen) atoms. The Labute approximate surface area is 198 Å². The van der Waals surface area contributed by atoms with Crippen molar-refractivity contribution in [2.45, 2.75) is 77.2 Å². The van der Waals surface area contributed by atoms with Crippen LogP contribution in [-0.2, 0) is 9.59 Å². The van der Waals surface area contributed by atoms with Gasteiger partial charge in [0.15, 0.2) is 0 Å². The van der Waals surface area contributed by atoms with E-state index in [2.05, 4.69) is 18.9 Å². The number of amides is 2. The Morgan fingerprint density at radius 1 is 0.909 bits per heavy atom. The van der Waals surface area contributed by atoms with Crippen LogP contribution in [0.1, 0.15) is 76.7 Å². The van der Waals surface area contributed by atoms with Gasteiger partial charge in [-0.25, -0.2) is 4.39 Å². The van der Waals surface area contributed by atoms with Gasteiger partial charge in [-0.3, -0.25) is 14.5 Å². The number of halogens is 1. The molecule has 0 aromatic heterocycles. The predicted octanol–water partition coefficient (Wildman–Crippen LogP) is 5.07. The van der Waals surface area contributed by atoms with Crippen LogP contribution in [0.25, 0.3) is 5.57 Å². The van der Waals surface area contributed by atoms with Crippen LogP contribution in [-0.4, -0.2) is 66.3 Å². The van der Waals surface area contributed by atoms with Crippen molar-refractivity contribution in [1.82, 2.24) is 14.7 Å². The Hall–Kier alpha value is -2.21. The molecule has 5 nitrogen and oxygen atoms in total. The van der Waals surface area contributed by atoms with Gasteiger partial charge in [-0.2, -0.15) is 0 Å². The number of hydrogen-bond acceptors (Lipinski definition) is 4. The van der Waals surface area contributed by atoms with E-state index in [1.54, 1.807) is 12.1 Å². The number of hydrogen-bond donors (Lipinski definition) is 0. The Morgan fingerprint density at radius 2 is 1.48 bits per heavy atom. The van der Waals surface area contributed by atoms with Crippen LogP contribution in [0.2, 0.25) is 0 Å². The Kier molecular flexibility index (Phi) is 9.48. The molecule has 182 valence electrons. The summed E-state index contributed by atoms with van der Waals surface area (Å²) < 4.78 is 13.6. The molecule has 6 heteroatoms. The second-order valence-electron chi connectivity index (χ2n) is 9.61. The first kappa shape index (κ1) is 25.4. The lowest BCUT2D eigenvalue weighted by Crippen LogP contribution is -2.43. The molecule has 2 amide bonds. The number of carbonyl (C=O) groups is 2. The first-order valence-corrected chi connectivity index (χ1v) is 12.7. The van der Waals surface area contributed by atoms with E-state index in [0.717, 1.165) is 45.2 Å². The Morgan fingerprint density at radius 3 is 2.09 bits per heavy atom. The van der Waals surface area contributed by atoms with Crippen LogP contribution < -0.4 is 0 Å². The van der Waals surface area contributed by atoms with Gasteiger partial charge in [-0.1, -0.05) is 64.0 Å². The first-order chi connectivity index (χ1) is 15.9. The third-order valence-corrected chi connectivity index (χ3v) is 7.10. The van der Waals surface area contributed by atoms with Crippen molar-refractivity contribution in [3.63, 3.8) is 0 Å². The fraction of sp³-hybridized carbons (Fsp3) is 0.630. The van der Waals surface area contributed by atoms with E-state index in [0.29, 0.717) is 23.4 Å². The maximum Gasteiger partial charge on any atom is 0.277 e. The fourth-order valence-corrected chi connectivity index (χ4v) is 4.94. The zero-order valence-electron chi connectivity index (χ0n) is 20.6. The van der Waals surface area contributed by atoms with Crippen molar-refractivity contribution in [3.05, 3.63) is 41.3 Å². The molecule has 0 radical (unpaired) electrons. The number of likely N-dealkylation sites (N-methyl/N-ethyl adjacent to an activating group) is 1. The minimum absolute atomic E-state index is 0.205. The monoisotopic (exact) mass is 457 g/mol. The predicted molar refractivity (Wildman–Crippen MR) is 131 cm³/mol. The Bertz CT molecular complexity index is 828. The summed E-state index contributed by atoms with van der Waals surface area (Å²) in [4.78, 5) is 32.6.